The Morgan fingerprint density at radius 3 is 2.27 bits per heavy atom. The molecule has 1 rings (SSSR count). The van der Waals surface area contributed by atoms with Crippen molar-refractivity contribution in [3.63, 3.8) is 0 Å². The molecule has 15 heavy (non-hydrogen) atoms. The van der Waals surface area contributed by atoms with Gasteiger partial charge < -0.3 is 14.8 Å². The number of carbonyl (C=O) groups excluding carboxylic acids is 3. The van der Waals surface area contributed by atoms with Crippen molar-refractivity contribution < 1.29 is 23.9 Å². The summed E-state index contributed by atoms with van der Waals surface area (Å²) in [5.74, 6) is -2.16. The fourth-order valence-corrected chi connectivity index (χ4v) is 1.60. The van der Waals surface area contributed by atoms with Gasteiger partial charge in [-0.3, -0.25) is 9.59 Å². The minimum absolute atomic E-state index is 0.228. The fraction of sp³-hybridized carbons (Fsp3) is 0.667. The van der Waals surface area contributed by atoms with Crippen molar-refractivity contribution in [2.45, 2.75) is 18.9 Å². The molecule has 6 nitrogen and oxygen atoms in total. The van der Waals surface area contributed by atoms with Gasteiger partial charge in [0.25, 0.3) is 0 Å². The lowest BCUT2D eigenvalue weighted by Gasteiger charge is -2.14. The van der Waals surface area contributed by atoms with Crippen molar-refractivity contribution in [3.8, 4) is 0 Å². The minimum atomic E-state index is -1.21. The van der Waals surface area contributed by atoms with Crippen LogP contribution in [-0.4, -0.2) is 37.6 Å². The van der Waals surface area contributed by atoms with E-state index in [1.54, 1.807) is 0 Å². The third-order valence-corrected chi connectivity index (χ3v) is 2.40. The van der Waals surface area contributed by atoms with E-state index in [0.717, 1.165) is 0 Å². The van der Waals surface area contributed by atoms with E-state index in [-0.39, 0.29) is 12.3 Å². The zero-order chi connectivity index (χ0) is 11.6. The second kappa shape index (κ2) is 3.88. The lowest BCUT2D eigenvalue weighted by molar-refractivity contribution is -0.151. The molecule has 0 radical (unpaired) electrons. The fourth-order valence-electron chi connectivity index (χ4n) is 1.60. The molecule has 0 aliphatic heterocycles. The molecule has 84 valence electrons. The number of amides is 1. The van der Waals surface area contributed by atoms with Gasteiger partial charge in [0.15, 0.2) is 5.54 Å². The zero-order valence-electron chi connectivity index (χ0n) is 8.83. The summed E-state index contributed by atoms with van der Waals surface area (Å²) >= 11 is 0. The first-order valence-corrected chi connectivity index (χ1v) is 4.43. The molecule has 0 aromatic rings. The molecule has 1 aliphatic rings. The van der Waals surface area contributed by atoms with Gasteiger partial charge in [0.05, 0.1) is 20.1 Å². The highest BCUT2D eigenvalue weighted by atomic mass is 16.5. The Kier molecular flexibility index (Phi) is 2.97. The molecule has 0 unspecified atom stereocenters. The van der Waals surface area contributed by atoms with E-state index in [2.05, 4.69) is 14.8 Å². The Bertz CT molecular complexity index is 314. The van der Waals surface area contributed by atoms with E-state index in [9.17, 15) is 14.4 Å². The molecule has 0 aromatic carbocycles. The van der Waals surface area contributed by atoms with Crippen molar-refractivity contribution in [3.05, 3.63) is 0 Å². The molecule has 0 saturated heterocycles. The van der Waals surface area contributed by atoms with Crippen LogP contribution in [0, 0.1) is 5.92 Å². The van der Waals surface area contributed by atoms with Crippen LogP contribution in [0.1, 0.15) is 13.3 Å². The number of ether oxygens (including phenoxy) is 2. The topological polar surface area (TPSA) is 81.7 Å². The van der Waals surface area contributed by atoms with E-state index < -0.39 is 23.4 Å². The van der Waals surface area contributed by atoms with Crippen LogP contribution in [0.3, 0.4) is 0 Å². The summed E-state index contributed by atoms with van der Waals surface area (Å²) in [5, 5.41) is 2.43. The van der Waals surface area contributed by atoms with Gasteiger partial charge in [-0.05, 0) is 6.42 Å². The molecule has 1 amide bonds. The third kappa shape index (κ3) is 1.93. The van der Waals surface area contributed by atoms with Gasteiger partial charge in [0.2, 0.25) is 5.91 Å². The number of hydrogen-bond acceptors (Lipinski definition) is 5. The maximum Gasteiger partial charge on any atom is 0.332 e. The van der Waals surface area contributed by atoms with E-state index in [4.69, 9.17) is 0 Å². The van der Waals surface area contributed by atoms with E-state index in [1.165, 1.54) is 21.1 Å². The molecule has 0 aromatic heterocycles. The molecule has 0 heterocycles. The van der Waals surface area contributed by atoms with Gasteiger partial charge >= 0.3 is 11.9 Å². The van der Waals surface area contributed by atoms with Gasteiger partial charge in [-0.1, -0.05) is 0 Å². The third-order valence-electron chi connectivity index (χ3n) is 2.40. The highest BCUT2D eigenvalue weighted by Crippen LogP contribution is 2.45. The van der Waals surface area contributed by atoms with E-state index in [0.29, 0.717) is 0 Å². The van der Waals surface area contributed by atoms with E-state index in [1.807, 2.05) is 0 Å². The number of nitrogens with one attached hydrogen (secondary N) is 1. The summed E-state index contributed by atoms with van der Waals surface area (Å²) in [4.78, 5) is 33.5. The summed E-state index contributed by atoms with van der Waals surface area (Å²) in [5.41, 5.74) is -1.21. The predicted molar refractivity (Wildman–Crippen MR) is 48.7 cm³/mol. The van der Waals surface area contributed by atoms with Crippen LogP contribution in [0.4, 0.5) is 0 Å². The Hall–Kier alpha value is -1.59. The van der Waals surface area contributed by atoms with Crippen LogP contribution in [0.5, 0.6) is 0 Å². The number of rotatable bonds is 3. The SMILES string of the molecule is COC(=O)[C@@H]1C[C@]1(NC(C)=O)C(=O)OC. The molecule has 1 aliphatic carbocycles. The lowest BCUT2D eigenvalue weighted by Crippen LogP contribution is -2.45. The van der Waals surface area contributed by atoms with Crippen molar-refractivity contribution in [1.82, 2.24) is 5.32 Å². The first kappa shape index (κ1) is 11.5. The van der Waals surface area contributed by atoms with Crippen molar-refractivity contribution in [2.75, 3.05) is 14.2 Å². The van der Waals surface area contributed by atoms with Crippen LogP contribution in [0.25, 0.3) is 0 Å². The van der Waals surface area contributed by atoms with Crippen molar-refractivity contribution in [2.24, 2.45) is 5.92 Å². The normalized spacial score (nSPS) is 27.8. The monoisotopic (exact) mass is 215 g/mol. The second-order valence-electron chi connectivity index (χ2n) is 3.42. The maximum atomic E-state index is 11.4. The Morgan fingerprint density at radius 1 is 1.27 bits per heavy atom. The highest BCUT2D eigenvalue weighted by Gasteiger charge is 2.66. The Morgan fingerprint density at radius 2 is 1.87 bits per heavy atom. The van der Waals surface area contributed by atoms with Crippen LogP contribution in [0.2, 0.25) is 0 Å². The first-order valence-electron chi connectivity index (χ1n) is 4.43. The van der Waals surface area contributed by atoms with Crippen LogP contribution < -0.4 is 5.32 Å². The van der Waals surface area contributed by atoms with Gasteiger partial charge in [-0.2, -0.15) is 0 Å². The highest BCUT2D eigenvalue weighted by molar-refractivity contribution is 5.98. The lowest BCUT2D eigenvalue weighted by atomic mass is 10.2. The molecule has 2 atom stereocenters. The average molecular weight is 215 g/mol. The number of carbonyl (C=O) groups is 3. The molecule has 1 fully saturated rings. The van der Waals surface area contributed by atoms with Crippen LogP contribution in [0.15, 0.2) is 0 Å². The smallest absolute Gasteiger partial charge is 0.332 e. The molecule has 1 saturated carbocycles. The molecule has 6 heteroatoms. The van der Waals surface area contributed by atoms with Gasteiger partial charge in [0.1, 0.15) is 0 Å². The quantitative estimate of drug-likeness (QED) is 0.625. The summed E-state index contributed by atoms with van der Waals surface area (Å²) in [7, 11) is 2.44. The Balaban J connectivity index is 2.80. The summed E-state index contributed by atoms with van der Waals surface area (Å²) < 4.78 is 9.05. The summed E-state index contributed by atoms with van der Waals surface area (Å²) in [6, 6.07) is 0. The zero-order valence-corrected chi connectivity index (χ0v) is 8.83. The standard InChI is InChI=1S/C9H13NO5/c1-5(11)10-9(8(13)15-3)4-6(9)7(12)14-2/h6H,4H2,1-3H3,(H,10,11)/t6-,9+/m0/s1. The largest absolute Gasteiger partial charge is 0.469 e. The molecule has 0 bridgehead atoms. The number of hydrogen-bond donors (Lipinski definition) is 1. The second-order valence-corrected chi connectivity index (χ2v) is 3.42. The first-order chi connectivity index (χ1) is 6.97. The van der Waals surface area contributed by atoms with Gasteiger partial charge in [0, 0.05) is 6.92 Å². The van der Waals surface area contributed by atoms with Gasteiger partial charge in [-0.15, -0.1) is 0 Å². The molecular formula is C9H13NO5. The molecule has 0 spiro atoms. The Labute approximate surface area is 86.9 Å². The maximum absolute atomic E-state index is 11.4. The number of methoxy groups -OCH3 is 2. The minimum Gasteiger partial charge on any atom is -0.469 e. The molecular weight excluding hydrogens is 202 g/mol. The number of esters is 2. The van der Waals surface area contributed by atoms with Crippen molar-refractivity contribution in [1.29, 1.82) is 0 Å². The summed E-state index contributed by atoms with van der Waals surface area (Å²) in [6.07, 6.45) is 0.228. The van der Waals surface area contributed by atoms with Crippen LogP contribution in [-0.2, 0) is 23.9 Å². The average Bonchev–Trinajstić information content (AvgIpc) is 2.90. The summed E-state index contributed by atoms with van der Waals surface area (Å²) in [6.45, 7) is 1.28. The van der Waals surface area contributed by atoms with Crippen molar-refractivity contribution >= 4 is 17.8 Å². The predicted octanol–water partition coefficient (Wildman–Crippen LogP) is -0.773. The van der Waals surface area contributed by atoms with Gasteiger partial charge in [-0.25, -0.2) is 4.79 Å². The van der Waals surface area contributed by atoms with Crippen LogP contribution >= 0.6 is 0 Å². The molecule has 1 N–H and O–H groups in total. The van der Waals surface area contributed by atoms with E-state index >= 15 is 0 Å².